The number of amides is 1. The quantitative estimate of drug-likeness (QED) is 0.240. The third kappa shape index (κ3) is 5.03. The van der Waals surface area contributed by atoms with Gasteiger partial charge in [0.25, 0.3) is 5.91 Å². The molecule has 0 atom stereocenters. The molecular formula is C33H27F2N3O5S. The lowest BCUT2D eigenvalue weighted by Crippen LogP contribution is -2.25. The average molecular weight is 616 g/mol. The van der Waals surface area contributed by atoms with Crippen molar-refractivity contribution in [1.82, 2.24) is 10.3 Å². The summed E-state index contributed by atoms with van der Waals surface area (Å²) in [6.07, 6.45) is 3.17. The van der Waals surface area contributed by atoms with E-state index in [-0.39, 0.29) is 35.0 Å². The van der Waals surface area contributed by atoms with Gasteiger partial charge >= 0.3 is 0 Å². The second kappa shape index (κ2) is 11.0. The molecule has 0 unspecified atom stereocenters. The Morgan fingerprint density at radius 1 is 1.09 bits per heavy atom. The number of aliphatic hydroxyl groups is 1. The van der Waals surface area contributed by atoms with Gasteiger partial charge in [-0.3, -0.25) is 9.10 Å². The average Bonchev–Trinajstić information content (AvgIpc) is 3.62. The fourth-order valence-corrected chi connectivity index (χ4v) is 5.96. The summed E-state index contributed by atoms with van der Waals surface area (Å²) in [6.45, 7) is -0.322. The number of aliphatic hydroxyl groups excluding tert-OH is 1. The number of nitrogens with one attached hydrogen (secondary N) is 1. The molecule has 0 spiro atoms. The van der Waals surface area contributed by atoms with Gasteiger partial charge in [0.1, 0.15) is 23.0 Å². The summed E-state index contributed by atoms with van der Waals surface area (Å²) in [5, 5.41) is 13.1. The monoisotopic (exact) mass is 615 g/mol. The third-order valence-electron chi connectivity index (χ3n) is 7.78. The smallest absolute Gasteiger partial charge is 0.255 e. The Morgan fingerprint density at radius 3 is 2.50 bits per heavy atom. The zero-order valence-corrected chi connectivity index (χ0v) is 24.8. The number of sulfonamides is 1. The van der Waals surface area contributed by atoms with Gasteiger partial charge in [-0.2, -0.15) is 0 Å². The Morgan fingerprint density at radius 2 is 1.84 bits per heavy atom. The summed E-state index contributed by atoms with van der Waals surface area (Å²) in [6, 6.07) is 16.8. The fraction of sp³-hybridized carbons (Fsp3) is 0.152. The van der Waals surface area contributed by atoms with E-state index in [1.54, 1.807) is 30.3 Å². The molecular weight excluding hydrogens is 588 g/mol. The van der Waals surface area contributed by atoms with Crippen molar-refractivity contribution in [3.8, 4) is 22.6 Å². The summed E-state index contributed by atoms with van der Waals surface area (Å²) in [7, 11) is -0.900. The Labute approximate surface area is 252 Å². The van der Waals surface area contributed by atoms with Gasteiger partial charge < -0.3 is 14.8 Å². The number of halogens is 2. The summed E-state index contributed by atoms with van der Waals surface area (Å²) in [5.41, 5.74) is 4.72. The molecule has 224 valence electrons. The number of pyridine rings is 1. The maximum absolute atomic E-state index is 14.5. The summed E-state index contributed by atoms with van der Waals surface area (Å²) < 4.78 is 61.0. The molecule has 0 radical (unpaired) electrons. The molecule has 0 aliphatic heterocycles. The van der Waals surface area contributed by atoms with Crippen LogP contribution in [0.25, 0.3) is 45.2 Å². The highest BCUT2D eigenvalue weighted by atomic mass is 32.2. The molecule has 2 heterocycles. The molecule has 2 aromatic heterocycles. The van der Waals surface area contributed by atoms with Gasteiger partial charge in [0.15, 0.2) is 0 Å². The molecule has 2 N–H and O–H groups in total. The van der Waals surface area contributed by atoms with E-state index in [0.29, 0.717) is 51.0 Å². The van der Waals surface area contributed by atoms with Crippen molar-refractivity contribution in [3.05, 3.63) is 106 Å². The predicted octanol–water partition coefficient (Wildman–Crippen LogP) is 5.78. The minimum Gasteiger partial charge on any atom is -0.455 e. The van der Waals surface area contributed by atoms with Crippen LogP contribution in [0.4, 0.5) is 14.5 Å². The van der Waals surface area contributed by atoms with E-state index in [1.807, 2.05) is 6.07 Å². The zero-order valence-electron chi connectivity index (χ0n) is 24.0. The molecule has 0 saturated carbocycles. The third-order valence-corrected chi connectivity index (χ3v) is 8.97. The van der Waals surface area contributed by atoms with Gasteiger partial charge in [-0.25, -0.2) is 22.2 Å². The largest absolute Gasteiger partial charge is 0.455 e. The first kappa shape index (κ1) is 29.2. The summed E-state index contributed by atoms with van der Waals surface area (Å²) in [5.74, 6) is -1.09. The van der Waals surface area contributed by atoms with Gasteiger partial charge in [-0.05, 0) is 59.7 Å². The van der Waals surface area contributed by atoms with Crippen LogP contribution in [-0.4, -0.2) is 44.8 Å². The maximum Gasteiger partial charge on any atom is 0.255 e. The van der Waals surface area contributed by atoms with Gasteiger partial charge in [0.05, 0.1) is 35.5 Å². The van der Waals surface area contributed by atoms with E-state index in [4.69, 9.17) is 9.40 Å². The van der Waals surface area contributed by atoms with Crippen molar-refractivity contribution < 1.29 is 31.5 Å². The maximum atomic E-state index is 14.5. The number of benzene rings is 3. The molecule has 1 amide bonds. The Hall–Kier alpha value is -4.87. The molecule has 0 bridgehead atoms. The minimum atomic E-state index is -3.77. The topological polar surface area (TPSA) is 113 Å². The van der Waals surface area contributed by atoms with Crippen molar-refractivity contribution in [2.24, 2.45) is 0 Å². The fourth-order valence-electron chi connectivity index (χ4n) is 5.46. The van der Waals surface area contributed by atoms with Crippen molar-refractivity contribution in [3.63, 3.8) is 0 Å². The highest BCUT2D eigenvalue weighted by Gasteiger charge is 2.27. The first-order valence-corrected chi connectivity index (χ1v) is 15.5. The zero-order chi connectivity index (χ0) is 31.3. The normalized spacial score (nSPS) is 12.7. The Bertz CT molecular complexity index is 2100. The van der Waals surface area contributed by atoms with Crippen LogP contribution in [0.2, 0.25) is 0 Å². The number of aromatic nitrogens is 1. The summed E-state index contributed by atoms with van der Waals surface area (Å²) >= 11 is 0. The van der Waals surface area contributed by atoms with Gasteiger partial charge in [-0.15, -0.1) is 0 Å². The molecule has 1 aliphatic carbocycles. The molecule has 11 heteroatoms. The first-order chi connectivity index (χ1) is 21.0. The van der Waals surface area contributed by atoms with Crippen LogP contribution in [0.3, 0.4) is 0 Å². The highest BCUT2D eigenvalue weighted by molar-refractivity contribution is 7.92. The van der Waals surface area contributed by atoms with E-state index >= 15 is 0 Å². The van der Waals surface area contributed by atoms with E-state index in [2.05, 4.69) is 5.32 Å². The van der Waals surface area contributed by atoms with Crippen molar-refractivity contribution in [2.75, 3.05) is 24.7 Å². The minimum absolute atomic E-state index is 0.181. The number of carbonyl (C=O) groups is 1. The van der Waals surface area contributed by atoms with Crippen molar-refractivity contribution >= 4 is 44.2 Å². The number of furan rings is 1. The van der Waals surface area contributed by atoms with Crippen molar-refractivity contribution in [2.45, 2.75) is 13.0 Å². The van der Waals surface area contributed by atoms with E-state index in [1.165, 1.54) is 50.5 Å². The second-order valence-electron chi connectivity index (χ2n) is 10.5. The van der Waals surface area contributed by atoms with E-state index < -0.39 is 21.7 Å². The number of anilines is 1. The number of allylic oxidation sites excluding steroid dienone is 1. The number of hydrogen-bond donors (Lipinski definition) is 2. The Balaban J connectivity index is 1.61. The van der Waals surface area contributed by atoms with Crippen LogP contribution in [0.15, 0.2) is 71.1 Å². The number of nitrogens with zero attached hydrogens (tertiary/aromatic N) is 2. The lowest BCUT2D eigenvalue weighted by molar-refractivity contribution is 0.0964. The predicted molar refractivity (Wildman–Crippen MR) is 165 cm³/mol. The van der Waals surface area contributed by atoms with Crippen LogP contribution in [0, 0.1) is 11.6 Å². The van der Waals surface area contributed by atoms with Gasteiger partial charge in [0, 0.05) is 54.2 Å². The molecule has 6 rings (SSSR count). The number of carbonyl (C=O) groups excluding carboxylic acids is 1. The number of rotatable bonds is 7. The standard InChI is InChI=1S/C33H27F2N3O5S/c1-36-33(40)30-25-15-24(27-12-9-20(17-39)31(37-27)21-13-19-5-4-6-26(35)23(19)14-21)28(38(2)44(3,41)42)16-29(25)43-32(30)18-7-10-22(34)11-8-18/h4-12,14-16,39H,13,17H2,1-3H3,(H,36,40). The van der Waals surface area contributed by atoms with Crippen LogP contribution in [0.5, 0.6) is 0 Å². The van der Waals surface area contributed by atoms with E-state index in [9.17, 15) is 27.1 Å². The molecule has 0 fully saturated rings. The van der Waals surface area contributed by atoms with Gasteiger partial charge in [-0.1, -0.05) is 18.2 Å². The van der Waals surface area contributed by atoms with Crippen molar-refractivity contribution in [1.29, 1.82) is 0 Å². The van der Waals surface area contributed by atoms with Gasteiger partial charge in [0.2, 0.25) is 10.0 Å². The molecule has 0 saturated heterocycles. The molecule has 3 aromatic carbocycles. The lowest BCUT2D eigenvalue weighted by atomic mass is 9.99. The van der Waals surface area contributed by atoms with Crippen LogP contribution >= 0.6 is 0 Å². The van der Waals surface area contributed by atoms with Crippen LogP contribution < -0.4 is 9.62 Å². The lowest BCUT2D eigenvalue weighted by Gasteiger charge is -2.21. The highest BCUT2D eigenvalue weighted by Crippen LogP contribution is 2.42. The summed E-state index contributed by atoms with van der Waals surface area (Å²) in [4.78, 5) is 18.1. The first-order valence-electron chi connectivity index (χ1n) is 13.6. The van der Waals surface area contributed by atoms with Crippen LogP contribution in [0.1, 0.15) is 32.7 Å². The molecule has 8 nitrogen and oxygen atoms in total. The number of fused-ring (bicyclic) bond motifs is 2. The number of hydrogen-bond acceptors (Lipinski definition) is 6. The molecule has 5 aromatic rings. The second-order valence-corrected chi connectivity index (χ2v) is 12.5. The molecule has 44 heavy (non-hydrogen) atoms. The molecule has 1 aliphatic rings. The SMILES string of the molecule is CNC(=O)c1c(-c2ccc(F)cc2)oc2cc(N(C)S(C)(=O)=O)c(-c3ccc(CO)c(C4=Cc5c(F)cccc5C4)n3)cc12. The van der Waals surface area contributed by atoms with Crippen LogP contribution in [-0.2, 0) is 23.1 Å². The van der Waals surface area contributed by atoms with E-state index in [0.717, 1.165) is 16.1 Å². The Kier molecular flexibility index (Phi) is 7.30.